The van der Waals surface area contributed by atoms with Crippen molar-refractivity contribution in [2.45, 2.75) is 158 Å². The Morgan fingerprint density at radius 3 is 0.982 bits per heavy atom. The van der Waals surface area contributed by atoms with Crippen molar-refractivity contribution in [2.24, 2.45) is 59.2 Å². The van der Waals surface area contributed by atoms with E-state index in [2.05, 4.69) is 89.7 Å². The van der Waals surface area contributed by atoms with E-state index < -0.39 is 0 Å². The molecule has 0 amide bonds. The van der Waals surface area contributed by atoms with Gasteiger partial charge in [0.15, 0.2) is 0 Å². The zero-order valence-corrected chi connectivity index (χ0v) is 40.5. The van der Waals surface area contributed by atoms with Crippen LogP contribution in [0.25, 0.3) is 0 Å². The van der Waals surface area contributed by atoms with Gasteiger partial charge in [0.05, 0.1) is 12.9 Å². The molecule has 346 valence electrons. The van der Waals surface area contributed by atoms with Gasteiger partial charge in [-0.05, 0) is 99.0 Å². The molecule has 0 aliphatic heterocycles. The summed E-state index contributed by atoms with van der Waals surface area (Å²) in [5.41, 5.74) is 3.52. The van der Waals surface area contributed by atoms with E-state index in [1.54, 1.807) is 6.08 Å². The lowest BCUT2D eigenvalue weighted by atomic mass is 9.99. The summed E-state index contributed by atoms with van der Waals surface area (Å²) in [4.78, 5) is 37.5. The normalized spacial score (nSPS) is 10.4. The third kappa shape index (κ3) is 110. The number of aliphatic hydroxyl groups is 4. The van der Waals surface area contributed by atoms with Crippen LogP contribution in [0, 0.1) is 59.2 Å². The lowest BCUT2D eigenvalue weighted by Crippen LogP contribution is -2.13. The average molecular weight is 815 g/mol. The zero-order chi connectivity index (χ0) is 45.6. The van der Waals surface area contributed by atoms with Crippen LogP contribution < -0.4 is 0 Å². The van der Waals surface area contributed by atoms with Crippen LogP contribution in [0.3, 0.4) is 0 Å². The molecule has 0 spiro atoms. The second-order valence-electron chi connectivity index (χ2n) is 16.3. The predicted molar refractivity (Wildman–Crippen MR) is 247 cm³/mol. The van der Waals surface area contributed by atoms with Crippen molar-refractivity contribution in [3.8, 4) is 0 Å². The molecule has 0 radical (unpaired) electrons. The van der Waals surface area contributed by atoms with Gasteiger partial charge < -0.3 is 45.8 Å². The molecule has 0 aromatic heterocycles. The van der Waals surface area contributed by atoms with Gasteiger partial charge in [0, 0.05) is 27.0 Å². The Morgan fingerprint density at radius 1 is 0.607 bits per heavy atom. The molecule has 2 unspecified atom stereocenters. The van der Waals surface area contributed by atoms with E-state index in [1.165, 1.54) is 11.1 Å². The average Bonchev–Trinajstić information content (AvgIpc) is 3.07. The number of hydrogen-bond donors (Lipinski definition) is 4. The number of aliphatic hydroxyl groups excluding tert-OH is 4. The minimum Gasteiger partial charge on any atom is -0.516 e. The van der Waals surface area contributed by atoms with Crippen LogP contribution in [0.5, 0.6) is 0 Å². The highest BCUT2D eigenvalue weighted by molar-refractivity contribution is 5.72. The van der Waals surface area contributed by atoms with Crippen LogP contribution in [0.1, 0.15) is 160 Å². The van der Waals surface area contributed by atoms with Crippen molar-refractivity contribution >= 4 is 25.6 Å². The molecule has 0 rings (SSSR count). The van der Waals surface area contributed by atoms with Gasteiger partial charge >= 0.3 is 0 Å². The van der Waals surface area contributed by atoms with Crippen LogP contribution >= 0.6 is 0 Å². The highest BCUT2D eigenvalue weighted by Gasteiger charge is 2.08. The van der Waals surface area contributed by atoms with Crippen molar-refractivity contribution in [3.63, 3.8) is 0 Å². The van der Waals surface area contributed by atoms with Crippen LogP contribution in [-0.4, -0.2) is 76.8 Å². The minimum absolute atomic E-state index is 0. The first-order chi connectivity index (χ1) is 24.7. The van der Waals surface area contributed by atoms with Crippen molar-refractivity contribution in [1.29, 1.82) is 0 Å². The Hall–Kier alpha value is -2.50. The van der Waals surface area contributed by atoms with Gasteiger partial charge in [-0.15, -0.1) is 0 Å². The fourth-order valence-corrected chi connectivity index (χ4v) is 1.38. The molecule has 56 heavy (non-hydrogen) atoms. The molecule has 2 atom stereocenters. The number of allylic oxidation sites excluding steroid dienone is 4. The smallest absolute Gasteiger partial charge is 0.145 e. The van der Waals surface area contributed by atoms with Crippen molar-refractivity contribution in [1.82, 2.24) is 0 Å². The summed E-state index contributed by atoms with van der Waals surface area (Å²) >= 11 is 0. The fraction of sp³-hybridized carbons (Fsp3) is 0.783. The maximum atomic E-state index is 10.0. The van der Waals surface area contributed by atoms with Crippen molar-refractivity contribution in [3.05, 3.63) is 35.6 Å². The topological polar surface area (TPSA) is 212 Å². The maximum Gasteiger partial charge on any atom is 0.145 e. The van der Waals surface area contributed by atoms with Gasteiger partial charge in [-0.3, -0.25) is 4.79 Å². The molecule has 0 saturated carbocycles. The van der Waals surface area contributed by atoms with E-state index >= 15 is 0 Å². The van der Waals surface area contributed by atoms with Gasteiger partial charge in [-0.2, -0.15) is 0 Å². The second kappa shape index (κ2) is 64.4. The Labute approximate surface area is 349 Å². The number of hydrogen-bond acceptors (Lipinski definition) is 8. The van der Waals surface area contributed by atoms with Gasteiger partial charge in [0.2, 0.25) is 0 Å². The number of carbonyl (C=O) groups is 4. The largest absolute Gasteiger partial charge is 0.516 e. The Kier molecular flexibility index (Phi) is 93.9. The minimum atomic E-state index is -0.171. The molecule has 8 N–H and O–H groups in total. The molecule has 0 heterocycles. The van der Waals surface area contributed by atoms with E-state index in [1.807, 2.05) is 69.1 Å². The number of carbonyl (C=O) groups excluding carboxylic acids is 4. The third-order valence-electron chi connectivity index (χ3n) is 7.64. The van der Waals surface area contributed by atoms with Gasteiger partial charge in [-0.25, -0.2) is 0 Å². The van der Waals surface area contributed by atoms with E-state index in [9.17, 15) is 14.4 Å². The summed E-state index contributed by atoms with van der Waals surface area (Å²) in [5.74, 6) is 4.82. The zero-order valence-electron chi connectivity index (χ0n) is 40.5. The summed E-state index contributed by atoms with van der Waals surface area (Å²) in [6, 6.07) is 0. The summed E-state index contributed by atoms with van der Waals surface area (Å²) in [7, 11) is 0. The van der Waals surface area contributed by atoms with E-state index in [4.69, 9.17) is 25.2 Å². The summed E-state index contributed by atoms with van der Waals surface area (Å²) in [6.07, 6.45) is 6.96. The summed E-state index contributed by atoms with van der Waals surface area (Å²) < 4.78 is 0. The first kappa shape index (κ1) is 81.6. The second-order valence-corrected chi connectivity index (χ2v) is 16.3. The SMILES string of the molecule is C=C(C=O)C(C)C.C=O.CC(C)/C=C\O.CC(C)=C(C)C.CC(C)C(C)C.CC(C)C(C)CO.CC(C)C(C=O)CO.CC(C)CC=O.CC(C)CCO.O.O.[HH]. The molecular weight excluding hydrogens is 712 g/mol. The van der Waals surface area contributed by atoms with E-state index in [0.29, 0.717) is 60.7 Å². The number of aldehydes is 3. The molecule has 10 heteroatoms. The first-order valence-electron chi connectivity index (χ1n) is 19.7. The molecule has 0 saturated heterocycles. The molecule has 0 aromatic rings. The van der Waals surface area contributed by atoms with E-state index in [0.717, 1.165) is 43.4 Å². The van der Waals surface area contributed by atoms with Gasteiger partial charge in [-0.1, -0.05) is 135 Å². The molecule has 0 fully saturated rings. The highest BCUT2D eigenvalue weighted by Crippen LogP contribution is 2.07. The van der Waals surface area contributed by atoms with Gasteiger partial charge in [0.1, 0.15) is 25.6 Å². The Bertz CT molecular complexity index is 796. The molecule has 0 aromatic carbocycles. The molecule has 0 aliphatic rings. The quantitative estimate of drug-likeness (QED) is 0.0606. The third-order valence-corrected chi connectivity index (χ3v) is 7.64. The predicted octanol–water partition coefficient (Wildman–Crippen LogP) is 10.2. The van der Waals surface area contributed by atoms with Crippen LogP contribution in [0.15, 0.2) is 35.6 Å². The lowest BCUT2D eigenvalue weighted by Gasteiger charge is -2.09. The van der Waals surface area contributed by atoms with Crippen molar-refractivity contribution < 1.29 is 52.0 Å². The Balaban J connectivity index is -0.0000000401. The summed E-state index contributed by atoms with van der Waals surface area (Å²) in [5, 5.41) is 33.3. The van der Waals surface area contributed by atoms with Crippen LogP contribution in [-0.2, 0) is 19.2 Å². The van der Waals surface area contributed by atoms with E-state index in [-0.39, 0.29) is 30.8 Å². The lowest BCUT2D eigenvalue weighted by molar-refractivity contribution is -0.113. The van der Waals surface area contributed by atoms with Crippen molar-refractivity contribution in [2.75, 3.05) is 19.8 Å². The molecule has 10 nitrogen and oxygen atoms in total. The Morgan fingerprint density at radius 2 is 0.982 bits per heavy atom. The standard InChI is InChI=1S/C6H12O2.C6H14O.C6H10O.C6H14.C6H12.C5H12O.2C5H10O.CH2O.2H2O.H2/c1-5(2)6(3-7)4-8;2*1-5(2)6(3)4-7;2*1-5(2)6(3)4;3*1-5(2)3-4-6;1-2;;;/h3,5-6,8H,4H2,1-2H3;5-7H,4H2,1-3H3;4-5H,3H2,1-2H3;5-6H,1-4H3;1-4H3;5-6H,3-4H2,1-2H3;4-5H,3H2,1-2H3;3-6H,1-2H3;1H2;2*1H2;1H/b;;;;;;;4-3-;;;;. The fourth-order valence-electron chi connectivity index (χ4n) is 1.38. The molecule has 0 aliphatic carbocycles. The monoisotopic (exact) mass is 815 g/mol. The summed E-state index contributed by atoms with van der Waals surface area (Å²) in [6.45, 7) is 49.8. The molecular formula is C46H102O10. The van der Waals surface area contributed by atoms with Crippen LogP contribution in [0.4, 0.5) is 0 Å². The van der Waals surface area contributed by atoms with Gasteiger partial charge in [0.25, 0.3) is 0 Å². The highest BCUT2D eigenvalue weighted by atomic mass is 16.3. The first-order valence-corrected chi connectivity index (χ1v) is 19.7. The molecule has 0 bridgehead atoms. The number of rotatable bonds is 13. The van der Waals surface area contributed by atoms with Crippen LogP contribution in [0.2, 0.25) is 0 Å². The maximum absolute atomic E-state index is 10.0.